The molecule has 1 unspecified atom stereocenters. The number of fused-ring (bicyclic) bond motifs is 1. The lowest BCUT2D eigenvalue weighted by atomic mass is 9.70. The molecule has 2 aromatic carbocycles. The van der Waals surface area contributed by atoms with E-state index >= 15 is 0 Å². The van der Waals surface area contributed by atoms with Gasteiger partial charge < -0.3 is 39.2 Å². The zero-order valence-electron chi connectivity index (χ0n) is 31.1. The molecular formula is C41H52BrN3O9. The molecule has 2 N–H and O–H groups in total. The van der Waals surface area contributed by atoms with Gasteiger partial charge in [-0.1, -0.05) is 71.3 Å². The van der Waals surface area contributed by atoms with Crippen LogP contribution in [-0.4, -0.2) is 103 Å². The number of hydrogen-bond acceptors (Lipinski definition) is 9. The van der Waals surface area contributed by atoms with Crippen molar-refractivity contribution in [3.05, 3.63) is 85.5 Å². The summed E-state index contributed by atoms with van der Waals surface area (Å²) in [6.07, 6.45) is 5.33. The Morgan fingerprint density at radius 1 is 1.07 bits per heavy atom. The van der Waals surface area contributed by atoms with Gasteiger partial charge in [-0.15, -0.1) is 13.2 Å². The topological polar surface area (TPSA) is 144 Å². The molecule has 12 nitrogen and oxygen atoms in total. The van der Waals surface area contributed by atoms with Crippen LogP contribution in [0.1, 0.15) is 56.6 Å². The lowest BCUT2D eigenvalue weighted by Crippen LogP contribution is -2.57. The first-order chi connectivity index (χ1) is 26.1. The second-order valence-corrected chi connectivity index (χ2v) is 15.2. The highest BCUT2D eigenvalue weighted by Crippen LogP contribution is 2.60. The van der Waals surface area contributed by atoms with Crippen LogP contribution >= 0.6 is 15.9 Å². The second-order valence-electron chi connectivity index (χ2n) is 14.0. The van der Waals surface area contributed by atoms with Crippen LogP contribution in [0, 0.1) is 11.8 Å². The summed E-state index contributed by atoms with van der Waals surface area (Å²) < 4.78 is 24.0. The third kappa shape index (κ3) is 8.59. The zero-order valence-corrected chi connectivity index (χ0v) is 32.7. The first kappa shape index (κ1) is 41.1. The number of likely N-dealkylation sites (tertiary alicyclic amines) is 1. The van der Waals surface area contributed by atoms with Gasteiger partial charge in [-0.3, -0.25) is 19.2 Å². The summed E-state index contributed by atoms with van der Waals surface area (Å²) in [6.45, 7) is 8.16. The number of anilines is 1. The number of methoxy groups -OCH3 is 2. The number of aliphatic hydroxyl groups excluding tert-OH is 1. The van der Waals surface area contributed by atoms with Crippen LogP contribution in [0.15, 0.2) is 79.9 Å². The molecule has 3 aliphatic rings. The minimum atomic E-state index is -1.32. The molecule has 0 aromatic heterocycles. The molecule has 3 amide bonds. The molecule has 8 atom stereocenters. The zero-order chi connectivity index (χ0) is 38.8. The van der Waals surface area contributed by atoms with Gasteiger partial charge in [-0.05, 0) is 55.5 Å². The number of halogens is 1. The van der Waals surface area contributed by atoms with Crippen molar-refractivity contribution in [3.63, 3.8) is 0 Å². The molecule has 2 bridgehead atoms. The number of amides is 3. The van der Waals surface area contributed by atoms with Crippen LogP contribution in [0.3, 0.4) is 0 Å². The molecule has 0 saturated carbocycles. The fourth-order valence-corrected chi connectivity index (χ4v) is 9.10. The number of alkyl halides is 1. The van der Waals surface area contributed by atoms with Gasteiger partial charge in [-0.2, -0.15) is 0 Å². The number of nitrogens with zero attached hydrogens (tertiary/aromatic N) is 2. The fraction of sp³-hybridized carbons (Fsp3) is 0.512. The number of hydrogen-bond donors (Lipinski definition) is 2. The van der Waals surface area contributed by atoms with E-state index in [1.807, 2.05) is 30.3 Å². The SMILES string of the molecule is C=CCCC(=O)N[C@H](COC)[C@H](OC(=O)[C@@H]1[C@H]2O[C@@]3(CC2Br)[C@H](C(=O)N(CC=C)c2ccc(OC)cc2)N(CCCCCCO)C(=O)[C@@H]13)c1ccccc1. The molecule has 0 aliphatic carbocycles. The van der Waals surface area contributed by atoms with Crippen molar-refractivity contribution in [1.82, 2.24) is 10.2 Å². The quantitative estimate of drug-likeness (QED) is 0.0780. The van der Waals surface area contributed by atoms with Gasteiger partial charge in [-0.25, -0.2) is 0 Å². The van der Waals surface area contributed by atoms with Crippen molar-refractivity contribution in [2.75, 3.05) is 45.4 Å². The van der Waals surface area contributed by atoms with E-state index < -0.39 is 47.7 Å². The molecule has 292 valence electrons. The van der Waals surface area contributed by atoms with Gasteiger partial charge >= 0.3 is 5.97 Å². The lowest BCUT2D eigenvalue weighted by molar-refractivity contribution is -0.163. The molecule has 54 heavy (non-hydrogen) atoms. The molecule has 2 aromatic rings. The van der Waals surface area contributed by atoms with Crippen molar-refractivity contribution >= 4 is 45.3 Å². The molecule has 13 heteroatoms. The summed E-state index contributed by atoms with van der Waals surface area (Å²) in [7, 11) is 3.07. The van der Waals surface area contributed by atoms with Gasteiger partial charge in [0.1, 0.15) is 23.5 Å². The maximum atomic E-state index is 14.9. The second kappa shape index (κ2) is 19.0. The van der Waals surface area contributed by atoms with Crippen LogP contribution in [-0.2, 0) is 33.4 Å². The smallest absolute Gasteiger partial charge is 0.313 e. The van der Waals surface area contributed by atoms with E-state index in [0.717, 1.165) is 12.8 Å². The van der Waals surface area contributed by atoms with E-state index in [-0.39, 0.29) is 55.3 Å². The van der Waals surface area contributed by atoms with Gasteiger partial charge in [0.15, 0.2) is 0 Å². The Morgan fingerprint density at radius 2 is 1.80 bits per heavy atom. The fourth-order valence-electron chi connectivity index (χ4n) is 8.15. The molecule has 0 radical (unpaired) electrons. The number of unbranched alkanes of at least 4 members (excludes halogenated alkanes) is 3. The monoisotopic (exact) mass is 809 g/mol. The molecule has 5 rings (SSSR count). The third-order valence-electron chi connectivity index (χ3n) is 10.6. The number of nitrogens with one attached hydrogen (secondary N) is 1. The van der Waals surface area contributed by atoms with E-state index in [9.17, 15) is 24.3 Å². The van der Waals surface area contributed by atoms with Crippen molar-refractivity contribution in [3.8, 4) is 5.75 Å². The predicted octanol–water partition coefficient (Wildman–Crippen LogP) is 4.90. The Morgan fingerprint density at radius 3 is 2.44 bits per heavy atom. The van der Waals surface area contributed by atoms with Gasteiger partial charge in [0, 0.05) is 43.7 Å². The summed E-state index contributed by atoms with van der Waals surface area (Å²) in [5.41, 5.74) is -0.0819. The normalized spacial score (nSPS) is 25.1. The van der Waals surface area contributed by atoms with Crippen molar-refractivity contribution in [2.45, 2.75) is 79.7 Å². The number of carbonyl (C=O) groups excluding carboxylic acids is 4. The maximum absolute atomic E-state index is 14.9. The van der Waals surface area contributed by atoms with Crippen LogP contribution < -0.4 is 15.0 Å². The van der Waals surface area contributed by atoms with Crippen LogP contribution in [0.2, 0.25) is 0 Å². The molecule has 3 saturated heterocycles. The number of allylic oxidation sites excluding steroid dienone is 1. The van der Waals surface area contributed by atoms with Crippen LogP contribution in [0.5, 0.6) is 5.75 Å². The molecule has 3 heterocycles. The average Bonchev–Trinajstić information content (AvgIpc) is 3.78. The largest absolute Gasteiger partial charge is 0.497 e. The van der Waals surface area contributed by atoms with Gasteiger partial charge in [0.05, 0.1) is 37.7 Å². The Balaban J connectivity index is 1.51. The van der Waals surface area contributed by atoms with E-state index in [1.54, 1.807) is 53.3 Å². The number of aliphatic hydroxyl groups is 1. The summed E-state index contributed by atoms with van der Waals surface area (Å²) >= 11 is 3.76. The Kier molecular flexibility index (Phi) is 14.5. The average molecular weight is 811 g/mol. The third-order valence-corrected chi connectivity index (χ3v) is 11.4. The van der Waals surface area contributed by atoms with Gasteiger partial charge in [0.25, 0.3) is 5.91 Å². The Labute approximate surface area is 326 Å². The number of esters is 1. The minimum absolute atomic E-state index is 0.0514. The van der Waals surface area contributed by atoms with Crippen molar-refractivity contribution < 1.29 is 43.2 Å². The Hall–Kier alpha value is -4.04. The van der Waals surface area contributed by atoms with Crippen LogP contribution in [0.4, 0.5) is 5.69 Å². The summed E-state index contributed by atoms with van der Waals surface area (Å²) in [4.78, 5) is 60.1. The predicted molar refractivity (Wildman–Crippen MR) is 207 cm³/mol. The van der Waals surface area contributed by atoms with E-state index in [0.29, 0.717) is 42.7 Å². The standard InChI is InChI=1S/C41H52BrN3O9/c1-5-7-17-32(47)43-31(26-51-3)35(27-15-11-10-12-16-27)53-40(50)33-34-38(48)45(23-13-8-9-14-24-46)37(41(34)25-30(42)36(33)54-41)39(49)44(22-6-2)28-18-20-29(52-4)21-19-28/h5-6,10-12,15-16,18-21,30-31,33-37,46H,1-2,7-9,13-14,17,22-26H2,3-4H3,(H,43,47)/t30?,31-,33+,34-,35-,36+,37+,41-/m1/s1. The first-order valence-corrected chi connectivity index (χ1v) is 19.5. The highest BCUT2D eigenvalue weighted by molar-refractivity contribution is 9.09. The molecule has 3 fully saturated rings. The lowest BCUT2D eigenvalue weighted by Gasteiger charge is -2.37. The van der Waals surface area contributed by atoms with E-state index in [2.05, 4.69) is 34.4 Å². The number of carbonyl (C=O) groups is 4. The highest BCUT2D eigenvalue weighted by Gasteiger charge is 2.77. The summed E-state index contributed by atoms with van der Waals surface area (Å²) in [5.74, 6) is -2.99. The molecule has 3 aliphatic heterocycles. The van der Waals surface area contributed by atoms with Crippen LogP contribution in [0.25, 0.3) is 0 Å². The molecule has 1 spiro atoms. The first-order valence-electron chi connectivity index (χ1n) is 18.6. The van der Waals surface area contributed by atoms with E-state index in [4.69, 9.17) is 18.9 Å². The Bertz CT molecular complexity index is 1630. The maximum Gasteiger partial charge on any atom is 0.313 e. The number of rotatable bonds is 21. The van der Waals surface area contributed by atoms with Crippen molar-refractivity contribution in [2.24, 2.45) is 11.8 Å². The molecular weight excluding hydrogens is 758 g/mol. The number of benzene rings is 2. The number of ether oxygens (including phenoxy) is 4. The summed E-state index contributed by atoms with van der Waals surface area (Å²) in [6, 6.07) is 14.4. The summed E-state index contributed by atoms with van der Waals surface area (Å²) in [5, 5.41) is 12.3. The van der Waals surface area contributed by atoms with Gasteiger partial charge in [0.2, 0.25) is 11.8 Å². The minimum Gasteiger partial charge on any atom is -0.497 e. The van der Waals surface area contributed by atoms with E-state index in [1.165, 1.54) is 7.11 Å². The highest BCUT2D eigenvalue weighted by atomic mass is 79.9. The van der Waals surface area contributed by atoms with Crippen molar-refractivity contribution in [1.29, 1.82) is 0 Å².